The molecule has 0 aliphatic heterocycles. The number of nitrogens with two attached hydrogens (primary N) is 1. The first-order valence-electron chi connectivity index (χ1n) is 10.7. The van der Waals surface area contributed by atoms with Gasteiger partial charge in [0.05, 0.1) is 24.0 Å². The minimum Gasteiger partial charge on any atom is -0.392 e. The monoisotopic (exact) mass is 402 g/mol. The van der Waals surface area contributed by atoms with Gasteiger partial charge in [0.25, 0.3) is 0 Å². The maximum absolute atomic E-state index is 9.97. The Bertz CT molecular complexity index is 1000. The van der Waals surface area contributed by atoms with Crippen molar-refractivity contribution < 1.29 is 5.11 Å². The van der Waals surface area contributed by atoms with Crippen molar-refractivity contribution >= 4 is 0 Å². The largest absolute Gasteiger partial charge is 0.392 e. The summed E-state index contributed by atoms with van der Waals surface area (Å²) in [6.45, 7) is 4.08. The van der Waals surface area contributed by atoms with Crippen LogP contribution in [0.25, 0.3) is 0 Å². The summed E-state index contributed by atoms with van der Waals surface area (Å²) >= 11 is 0. The number of aliphatic hydroxyl groups is 1. The molecular formula is C25H30N4O. The van der Waals surface area contributed by atoms with Gasteiger partial charge >= 0.3 is 0 Å². The van der Waals surface area contributed by atoms with E-state index in [1.54, 1.807) is 0 Å². The zero-order valence-electron chi connectivity index (χ0n) is 17.6. The van der Waals surface area contributed by atoms with Crippen molar-refractivity contribution in [3.63, 3.8) is 0 Å². The van der Waals surface area contributed by atoms with Crippen molar-refractivity contribution in [1.82, 2.24) is 14.9 Å². The fraction of sp³-hybridized carbons (Fsp3) is 0.360. The lowest BCUT2D eigenvalue weighted by atomic mass is 9.90. The number of nitrogens with zero attached hydrogens (tertiary/aromatic N) is 3. The van der Waals surface area contributed by atoms with Crippen LogP contribution in [0.15, 0.2) is 54.9 Å². The van der Waals surface area contributed by atoms with Crippen molar-refractivity contribution in [2.75, 3.05) is 0 Å². The SMILES string of the molecule is Cc1cccnc1CN(Cc1ccc(CN)cc1CO)C1CCCc2cccnc21. The van der Waals surface area contributed by atoms with E-state index in [1.807, 2.05) is 30.6 Å². The Morgan fingerprint density at radius 2 is 1.90 bits per heavy atom. The molecule has 4 rings (SSSR count). The molecule has 0 fully saturated rings. The van der Waals surface area contributed by atoms with Crippen LogP contribution in [0.1, 0.15) is 58.1 Å². The molecule has 1 atom stereocenters. The number of hydrogen-bond acceptors (Lipinski definition) is 5. The van der Waals surface area contributed by atoms with Gasteiger partial charge in [-0.2, -0.15) is 0 Å². The summed E-state index contributed by atoms with van der Waals surface area (Å²) in [5.41, 5.74) is 13.7. The predicted molar refractivity (Wildman–Crippen MR) is 118 cm³/mol. The molecule has 3 N–H and O–H groups in total. The van der Waals surface area contributed by atoms with Crippen LogP contribution in [0.4, 0.5) is 0 Å². The molecule has 0 bridgehead atoms. The standard InChI is InChI=1S/C25H30N4O/c1-18-5-3-11-27-23(18)16-29(15-21-10-9-19(14-26)13-22(21)17-30)24-8-2-6-20-7-4-12-28-25(20)24/h3-5,7,9-13,24,30H,2,6,8,14-17,26H2,1H3. The van der Waals surface area contributed by atoms with Gasteiger partial charge in [0.1, 0.15) is 0 Å². The minimum atomic E-state index is 0.0130. The molecule has 2 heterocycles. The fourth-order valence-corrected chi connectivity index (χ4v) is 4.42. The Morgan fingerprint density at radius 1 is 1.07 bits per heavy atom. The lowest BCUT2D eigenvalue weighted by Gasteiger charge is -2.35. The number of aliphatic hydroxyl groups excluding tert-OH is 1. The molecule has 1 unspecified atom stereocenters. The van der Waals surface area contributed by atoms with E-state index >= 15 is 0 Å². The van der Waals surface area contributed by atoms with Crippen LogP contribution >= 0.6 is 0 Å². The van der Waals surface area contributed by atoms with Gasteiger partial charge in [-0.1, -0.05) is 30.3 Å². The summed E-state index contributed by atoms with van der Waals surface area (Å²) in [6, 6.07) is 14.8. The Labute approximate surface area is 178 Å². The number of aryl methyl sites for hydroxylation is 2. The summed E-state index contributed by atoms with van der Waals surface area (Å²) in [4.78, 5) is 11.9. The molecule has 2 aromatic heterocycles. The second-order valence-corrected chi connectivity index (χ2v) is 8.09. The van der Waals surface area contributed by atoms with Gasteiger partial charge in [-0.3, -0.25) is 14.9 Å². The summed E-state index contributed by atoms with van der Waals surface area (Å²) in [5.74, 6) is 0. The zero-order valence-corrected chi connectivity index (χ0v) is 17.6. The van der Waals surface area contributed by atoms with Gasteiger partial charge in [-0.25, -0.2) is 0 Å². The van der Waals surface area contributed by atoms with E-state index in [2.05, 4.69) is 41.1 Å². The first-order valence-corrected chi connectivity index (χ1v) is 10.7. The van der Waals surface area contributed by atoms with Crippen LogP contribution in [0.5, 0.6) is 0 Å². The van der Waals surface area contributed by atoms with E-state index in [4.69, 9.17) is 10.7 Å². The minimum absolute atomic E-state index is 0.0130. The molecule has 1 aliphatic carbocycles. The summed E-state index contributed by atoms with van der Waals surface area (Å²) in [5, 5.41) is 9.97. The Kier molecular flexibility index (Phi) is 6.53. The number of benzene rings is 1. The average Bonchev–Trinajstić information content (AvgIpc) is 2.79. The number of pyridine rings is 2. The van der Waals surface area contributed by atoms with E-state index < -0.39 is 0 Å². The molecule has 0 spiro atoms. The van der Waals surface area contributed by atoms with Gasteiger partial charge in [0.15, 0.2) is 0 Å². The van der Waals surface area contributed by atoms with Crippen molar-refractivity contribution in [3.8, 4) is 0 Å². The van der Waals surface area contributed by atoms with Crippen LogP contribution in [-0.4, -0.2) is 20.0 Å². The molecule has 1 aliphatic rings. The molecule has 5 nitrogen and oxygen atoms in total. The summed E-state index contributed by atoms with van der Waals surface area (Å²) < 4.78 is 0. The molecule has 156 valence electrons. The van der Waals surface area contributed by atoms with Crippen molar-refractivity contribution in [3.05, 3.63) is 94.1 Å². The number of fused-ring (bicyclic) bond motifs is 1. The molecule has 5 heteroatoms. The highest BCUT2D eigenvalue weighted by molar-refractivity contribution is 5.33. The highest BCUT2D eigenvalue weighted by atomic mass is 16.3. The maximum Gasteiger partial charge on any atom is 0.0685 e. The van der Waals surface area contributed by atoms with Crippen LogP contribution in [0, 0.1) is 6.92 Å². The third-order valence-electron chi connectivity index (χ3n) is 6.13. The molecule has 0 amide bonds. The van der Waals surface area contributed by atoms with Crippen LogP contribution in [-0.2, 0) is 32.7 Å². The Hall–Kier alpha value is -2.60. The summed E-state index contributed by atoms with van der Waals surface area (Å²) in [7, 11) is 0. The van der Waals surface area contributed by atoms with Crippen LogP contribution < -0.4 is 5.73 Å². The lowest BCUT2D eigenvalue weighted by Crippen LogP contribution is -2.32. The number of aromatic nitrogens is 2. The average molecular weight is 403 g/mol. The highest BCUT2D eigenvalue weighted by Crippen LogP contribution is 2.35. The number of rotatable bonds is 7. The first-order chi connectivity index (χ1) is 14.7. The normalized spacial score (nSPS) is 15.9. The van der Waals surface area contributed by atoms with Crippen molar-refractivity contribution in [2.45, 2.75) is 58.5 Å². The lowest BCUT2D eigenvalue weighted by molar-refractivity contribution is 0.153. The third kappa shape index (κ3) is 4.43. The molecule has 1 aromatic carbocycles. The van der Waals surface area contributed by atoms with Gasteiger partial charge in [-0.15, -0.1) is 0 Å². The number of hydrogen-bond donors (Lipinski definition) is 2. The predicted octanol–water partition coefficient (Wildman–Crippen LogP) is 3.82. The molecule has 0 saturated heterocycles. The van der Waals surface area contributed by atoms with Gasteiger partial charge in [0.2, 0.25) is 0 Å². The van der Waals surface area contributed by atoms with Crippen molar-refractivity contribution in [1.29, 1.82) is 0 Å². The Morgan fingerprint density at radius 3 is 2.70 bits per heavy atom. The van der Waals surface area contributed by atoms with Crippen LogP contribution in [0.3, 0.4) is 0 Å². The first kappa shape index (κ1) is 20.7. The molecule has 0 saturated carbocycles. The van der Waals surface area contributed by atoms with Crippen molar-refractivity contribution in [2.24, 2.45) is 5.73 Å². The van der Waals surface area contributed by atoms with E-state index in [1.165, 1.54) is 16.8 Å². The third-order valence-corrected chi connectivity index (χ3v) is 6.13. The van der Waals surface area contributed by atoms with Gasteiger partial charge in [0, 0.05) is 32.0 Å². The quantitative estimate of drug-likeness (QED) is 0.628. The van der Waals surface area contributed by atoms with E-state index in [9.17, 15) is 5.11 Å². The second-order valence-electron chi connectivity index (χ2n) is 8.09. The van der Waals surface area contributed by atoms with Gasteiger partial charge in [-0.05, 0) is 66.1 Å². The molecule has 30 heavy (non-hydrogen) atoms. The maximum atomic E-state index is 9.97. The van der Waals surface area contributed by atoms with Crippen LogP contribution in [0.2, 0.25) is 0 Å². The van der Waals surface area contributed by atoms with E-state index in [0.717, 1.165) is 54.7 Å². The second kappa shape index (κ2) is 9.47. The molecule has 0 radical (unpaired) electrons. The van der Waals surface area contributed by atoms with E-state index in [0.29, 0.717) is 6.54 Å². The van der Waals surface area contributed by atoms with E-state index in [-0.39, 0.29) is 12.6 Å². The smallest absolute Gasteiger partial charge is 0.0685 e. The molecule has 3 aromatic rings. The Balaban J connectivity index is 1.71. The summed E-state index contributed by atoms with van der Waals surface area (Å²) in [6.07, 6.45) is 7.08. The molecular weight excluding hydrogens is 372 g/mol. The van der Waals surface area contributed by atoms with Gasteiger partial charge < -0.3 is 10.8 Å². The zero-order chi connectivity index (χ0) is 20.9. The highest BCUT2D eigenvalue weighted by Gasteiger charge is 2.28. The topological polar surface area (TPSA) is 75.3 Å². The fourth-order valence-electron chi connectivity index (χ4n) is 4.42.